The molecule has 2 aromatic rings. The van der Waals surface area contributed by atoms with E-state index < -0.39 is 11.5 Å². The van der Waals surface area contributed by atoms with Gasteiger partial charge in [-0.15, -0.1) is 0 Å². The van der Waals surface area contributed by atoms with Crippen LogP contribution in [0.1, 0.15) is 30.0 Å². The summed E-state index contributed by atoms with van der Waals surface area (Å²) >= 11 is 0. The van der Waals surface area contributed by atoms with Crippen molar-refractivity contribution in [1.82, 2.24) is 0 Å². The fourth-order valence-corrected chi connectivity index (χ4v) is 2.37. The van der Waals surface area contributed by atoms with Gasteiger partial charge in [0.1, 0.15) is 5.60 Å². The molecule has 25 heavy (non-hydrogen) atoms. The quantitative estimate of drug-likeness (QED) is 0.818. The molecule has 0 unspecified atom stereocenters. The van der Waals surface area contributed by atoms with Crippen molar-refractivity contribution in [3.8, 4) is 6.07 Å². The second-order valence-corrected chi connectivity index (χ2v) is 6.15. The number of benzene rings is 2. The number of amides is 1. The predicted molar refractivity (Wildman–Crippen MR) is 96.2 cm³/mol. The lowest BCUT2D eigenvalue weighted by atomic mass is 9.95. The summed E-state index contributed by atoms with van der Waals surface area (Å²) in [6.07, 6.45) is 0.770. The second-order valence-electron chi connectivity index (χ2n) is 6.15. The van der Waals surface area contributed by atoms with E-state index in [1.54, 1.807) is 37.3 Å². The van der Waals surface area contributed by atoms with Gasteiger partial charge >= 0.3 is 0 Å². The van der Waals surface area contributed by atoms with Gasteiger partial charge < -0.3 is 10.4 Å². The Morgan fingerprint density at radius 1 is 1.32 bits per heavy atom. The highest BCUT2D eigenvalue weighted by atomic mass is 16.3. The number of aryl methyl sites for hydroxylation is 2. The van der Waals surface area contributed by atoms with Crippen LogP contribution in [-0.2, 0) is 11.2 Å². The molecule has 0 aliphatic heterocycles. The van der Waals surface area contributed by atoms with Crippen molar-refractivity contribution in [3.05, 3.63) is 70.6 Å². The fourth-order valence-electron chi connectivity index (χ4n) is 2.37. The van der Waals surface area contributed by atoms with Gasteiger partial charge in [0.05, 0.1) is 18.2 Å². The Morgan fingerprint density at radius 3 is 2.56 bits per heavy atom. The standard InChI is InChI=1S/C20H19N3O2/c1-14-12-17(8-9-18(14)22-3)23-19(24)20(2,25)11-10-15-4-6-16(13-21)7-5-15/h4-9,12,25H,10-11H2,1-2H3,(H,23,24)/t20-/m0/s1. The molecule has 0 radical (unpaired) electrons. The molecular weight excluding hydrogens is 314 g/mol. The van der Waals surface area contributed by atoms with Gasteiger partial charge in [-0.3, -0.25) is 4.79 Å². The van der Waals surface area contributed by atoms with Gasteiger partial charge in [-0.05, 0) is 62.1 Å². The fraction of sp³-hybridized carbons (Fsp3) is 0.250. The number of nitrogens with one attached hydrogen (secondary N) is 1. The monoisotopic (exact) mass is 333 g/mol. The molecule has 1 atom stereocenters. The Balaban J connectivity index is 2.00. The van der Waals surface area contributed by atoms with E-state index in [-0.39, 0.29) is 6.42 Å². The first kappa shape index (κ1) is 18.2. The SMILES string of the molecule is [C-]#[N+]c1ccc(NC(=O)[C@@](C)(O)CCc2ccc(C#N)cc2)cc1C. The summed E-state index contributed by atoms with van der Waals surface area (Å²) in [7, 11) is 0. The zero-order valence-corrected chi connectivity index (χ0v) is 14.2. The van der Waals surface area contributed by atoms with Gasteiger partial charge in [0.15, 0.2) is 5.69 Å². The molecule has 5 heteroatoms. The molecule has 0 spiro atoms. The van der Waals surface area contributed by atoms with Gasteiger partial charge in [-0.2, -0.15) is 5.26 Å². The van der Waals surface area contributed by atoms with E-state index >= 15 is 0 Å². The molecule has 1 amide bonds. The molecule has 0 aliphatic rings. The Kier molecular flexibility index (Phi) is 5.54. The molecule has 2 rings (SSSR count). The highest BCUT2D eigenvalue weighted by Crippen LogP contribution is 2.23. The molecule has 5 nitrogen and oxygen atoms in total. The van der Waals surface area contributed by atoms with E-state index in [9.17, 15) is 9.90 Å². The minimum Gasteiger partial charge on any atom is -0.380 e. The summed E-state index contributed by atoms with van der Waals surface area (Å²) in [5, 5.41) is 22.0. The lowest BCUT2D eigenvalue weighted by Crippen LogP contribution is -2.40. The molecule has 2 N–H and O–H groups in total. The maximum Gasteiger partial charge on any atom is 0.256 e. The van der Waals surface area contributed by atoms with E-state index in [0.717, 1.165) is 11.1 Å². The Labute approximate surface area is 147 Å². The molecular formula is C20H19N3O2. The van der Waals surface area contributed by atoms with E-state index in [2.05, 4.69) is 16.2 Å². The van der Waals surface area contributed by atoms with Crippen LogP contribution in [0, 0.1) is 24.8 Å². The number of nitriles is 1. The third-order valence-corrected chi connectivity index (χ3v) is 4.05. The average molecular weight is 333 g/mol. The summed E-state index contributed by atoms with van der Waals surface area (Å²) in [6.45, 7) is 10.3. The first-order valence-electron chi connectivity index (χ1n) is 7.87. The topological polar surface area (TPSA) is 77.5 Å². The van der Waals surface area contributed by atoms with Crippen molar-refractivity contribution in [2.24, 2.45) is 0 Å². The largest absolute Gasteiger partial charge is 0.380 e. The van der Waals surface area contributed by atoms with Crippen molar-refractivity contribution >= 4 is 17.3 Å². The minimum absolute atomic E-state index is 0.254. The number of hydrogen-bond acceptors (Lipinski definition) is 3. The highest BCUT2D eigenvalue weighted by molar-refractivity contribution is 5.97. The van der Waals surface area contributed by atoms with Crippen LogP contribution in [0.2, 0.25) is 0 Å². The molecule has 0 aliphatic carbocycles. The summed E-state index contributed by atoms with van der Waals surface area (Å²) in [4.78, 5) is 15.7. The minimum atomic E-state index is -1.53. The molecule has 126 valence electrons. The number of anilines is 1. The van der Waals surface area contributed by atoms with Gasteiger partial charge in [0, 0.05) is 5.69 Å². The van der Waals surface area contributed by atoms with Gasteiger partial charge in [0.2, 0.25) is 0 Å². The smallest absolute Gasteiger partial charge is 0.256 e. The molecule has 0 bridgehead atoms. The zero-order valence-electron chi connectivity index (χ0n) is 14.2. The third-order valence-electron chi connectivity index (χ3n) is 4.05. The van der Waals surface area contributed by atoms with Crippen molar-refractivity contribution in [2.45, 2.75) is 32.3 Å². The van der Waals surface area contributed by atoms with Crippen molar-refractivity contribution in [2.75, 3.05) is 5.32 Å². The summed E-state index contributed by atoms with van der Waals surface area (Å²) in [6, 6.07) is 14.1. The number of rotatable bonds is 5. The molecule has 0 heterocycles. The summed E-state index contributed by atoms with van der Waals surface area (Å²) < 4.78 is 0. The number of carbonyl (C=O) groups is 1. The van der Waals surface area contributed by atoms with Crippen molar-refractivity contribution in [3.63, 3.8) is 0 Å². The van der Waals surface area contributed by atoms with Crippen LogP contribution in [0.15, 0.2) is 42.5 Å². The maximum absolute atomic E-state index is 12.4. The molecule has 0 saturated carbocycles. The zero-order chi connectivity index (χ0) is 18.4. The Hall–Kier alpha value is -3.15. The number of nitrogens with zero attached hydrogens (tertiary/aromatic N) is 2. The van der Waals surface area contributed by atoms with Gasteiger partial charge in [-0.25, -0.2) is 4.85 Å². The molecule has 0 aromatic heterocycles. The van der Waals surface area contributed by atoms with Crippen molar-refractivity contribution < 1.29 is 9.90 Å². The van der Waals surface area contributed by atoms with E-state index in [0.29, 0.717) is 23.4 Å². The second kappa shape index (κ2) is 7.61. The van der Waals surface area contributed by atoms with E-state index in [1.165, 1.54) is 6.92 Å². The molecule has 0 saturated heterocycles. The Morgan fingerprint density at radius 2 is 2.00 bits per heavy atom. The first-order chi connectivity index (χ1) is 11.9. The van der Waals surface area contributed by atoms with Crippen LogP contribution in [0.4, 0.5) is 11.4 Å². The summed E-state index contributed by atoms with van der Waals surface area (Å²) in [5.41, 5.74) is 1.85. The van der Waals surface area contributed by atoms with Crippen LogP contribution in [-0.4, -0.2) is 16.6 Å². The van der Waals surface area contributed by atoms with Crippen LogP contribution < -0.4 is 5.32 Å². The van der Waals surface area contributed by atoms with Crippen molar-refractivity contribution in [1.29, 1.82) is 5.26 Å². The maximum atomic E-state index is 12.4. The number of aliphatic hydroxyl groups is 1. The van der Waals surface area contributed by atoms with Crippen LogP contribution in [0.25, 0.3) is 4.85 Å². The highest BCUT2D eigenvalue weighted by Gasteiger charge is 2.30. The lowest BCUT2D eigenvalue weighted by Gasteiger charge is -2.22. The van der Waals surface area contributed by atoms with E-state index in [1.807, 2.05) is 12.1 Å². The number of hydrogen-bond donors (Lipinski definition) is 2. The molecule has 2 aromatic carbocycles. The first-order valence-corrected chi connectivity index (χ1v) is 7.87. The van der Waals surface area contributed by atoms with Gasteiger partial charge in [-0.1, -0.05) is 18.2 Å². The normalized spacial score (nSPS) is 12.5. The third kappa shape index (κ3) is 4.67. The molecule has 0 fully saturated rings. The Bertz CT molecular complexity index is 856. The number of carbonyl (C=O) groups excluding carboxylic acids is 1. The van der Waals surface area contributed by atoms with Crippen LogP contribution in [0.3, 0.4) is 0 Å². The summed E-state index contributed by atoms with van der Waals surface area (Å²) in [5.74, 6) is -0.490. The lowest BCUT2D eigenvalue weighted by molar-refractivity contribution is -0.132. The van der Waals surface area contributed by atoms with Crippen LogP contribution >= 0.6 is 0 Å². The predicted octanol–water partition coefficient (Wildman–Crippen LogP) is 3.74. The van der Waals surface area contributed by atoms with Gasteiger partial charge in [0.25, 0.3) is 5.91 Å². The average Bonchev–Trinajstić information content (AvgIpc) is 2.60. The van der Waals surface area contributed by atoms with Crippen LogP contribution in [0.5, 0.6) is 0 Å². The van der Waals surface area contributed by atoms with E-state index in [4.69, 9.17) is 11.8 Å².